The van der Waals surface area contributed by atoms with Crippen LogP contribution in [0.4, 0.5) is 0 Å². The molecule has 0 aliphatic heterocycles. The highest BCUT2D eigenvalue weighted by atomic mass is 31.2. The molecule has 0 fully saturated rings. The van der Waals surface area contributed by atoms with E-state index >= 15 is 0 Å². The zero-order chi connectivity index (χ0) is 11.4. The van der Waals surface area contributed by atoms with E-state index in [1.165, 1.54) is 0 Å². The maximum atomic E-state index is 12.8. The third kappa shape index (κ3) is 2.61. The zero-order valence-electron chi connectivity index (χ0n) is 10.2. The van der Waals surface area contributed by atoms with Gasteiger partial charge >= 0.3 is 0 Å². The number of rotatable bonds is 6. The maximum Gasteiger partial charge on any atom is 0.120 e. The van der Waals surface area contributed by atoms with E-state index in [9.17, 15) is 9.67 Å². The molecular formula is C11H25O2P. The lowest BCUT2D eigenvalue weighted by molar-refractivity contribution is 0.239. The molecule has 3 heteroatoms. The van der Waals surface area contributed by atoms with Crippen molar-refractivity contribution in [2.45, 2.75) is 71.0 Å². The summed E-state index contributed by atoms with van der Waals surface area (Å²) in [7, 11) is -2.44. The molecular weight excluding hydrogens is 195 g/mol. The van der Waals surface area contributed by atoms with Crippen molar-refractivity contribution in [2.75, 3.05) is 0 Å². The first-order chi connectivity index (χ1) is 6.44. The normalized spacial score (nSPS) is 22.4. The third-order valence-corrected chi connectivity index (χ3v) is 8.17. The predicted molar refractivity (Wildman–Crippen MR) is 63.4 cm³/mol. The van der Waals surface area contributed by atoms with Gasteiger partial charge in [-0.1, -0.05) is 34.6 Å². The van der Waals surface area contributed by atoms with Crippen LogP contribution in [0.15, 0.2) is 0 Å². The van der Waals surface area contributed by atoms with E-state index in [0.717, 1.165) is 12.8 Å². The number of hydrogen-bond donors (Lipinski definition) is 1. The molecule has 1 N–H and O–H groups in total. The first-order valence-electron chi connectivity index (χ1n) is 5.72. The van der Waals surface area contributed by atoms with Crippen LogP contribution in [0.2, 0.25) is 0 Å². The maximum absolute atomic E-state index is 12.8. The summed E-state index contributed by atoms with van der Waals surface area (Å²) < 4.78 is 12.8. The van der Waals surface area contributed by atoms with Gasteiger partial charge < -0.3 is 9.67 Å². The van der Waals surface area contributed by atoms with E-state index in [-0.39, 0.29) is 11.3 Å². The smallest absolute Gasteiger partial charge is 0.120 e. The van der Waals surface area contributed by atoms with E-state index < -0.39 is 13.0 Å². The molecule has 0 saturated carbocycles. The lowest BCUT2D eigenvalue weighted by atomic mass is 10.4. The highest BCUT2D eigenvalue weighted by Gasteiger charge is 2.39. The molecule has 0 rings (SSSR count). The molecule has 0 heterocycles. The van der Waals surface area contributed by atoms with E-state index in [4.69, 9.17) is 0 Å². The monoisotopic (exact) mass is 220 g/mol. The summed E-state index contributed by atoms with van der Waals surface area (Å²) >= 11 is 0. The zero-order valence-corrected chi connectivity index (χ0v) is 11.1. The predicted octanol–water partition coefficient (Wildman–Crippen LogP) is 3.67. The fourth-order valence-corrected chi connectivity index (χ4v) is 5.63. The van der Waals surface area contributed by atoms with Gasteiger partial charge in [0.15, 0.2) is 0 Å². The molecule has 0 aromatic rings. The summed E-state index contributed by atoms with van der Waals surface area (Å²) in [6, 6.07) is 0. The Labute approximate surface area is 88.5 Å². The van der Waals surface area contributed by atoms with Crippen LogP contribution < -0.4 is 0 Å². The Morgan fingerprint density at radius 3 is 1.57 bits per heavy atom. The molecule has 0 aromatic carbocycles. The average molecular weight is 220 g/mol. The van der Waals surface area contributed by atoms with Crippen molar-refractivity contribution in [3.05, 3.63) is 0 Å². The van der Waals surface area contributed by atoms with Gasteiger partial charge in [0.25, 0.3) is 0 Å². The molecule has 14 heavy (non-hydrogen) atoms. The minimum absolute atomic E-state index is 0.146. The van der Waals surface area contributed by atoms with Crippen molar-refractivity contribution in [3.8, 4) is 0 Å². The first-order valence-corrected chi connectivity index (χ1v) is 7.63. The van der Waals surface area contributed by atoms with Crippen LogP contribution >= 0.6 is 7.14 Å². The second kappa shape index (κ2) is 5.92. The molecule has 0 bridgehead atoms. The van der Waals surface area contributed by atoms with Gasteiger partial charge in [-0.2, -0.15) is 0 Å². The number of aliphatic hydroxyl groups excluding tert-OH is 1. The Hall–Kier alpha value is 0.190. The van der Waals surface area contributed by atoms with Crippen molar-refractivity contribution in [1.82, 2.24) is 0 Å². The van der Waals surface area contributed by atoms with E-state index in [0.29, 0.717) is 6.42 Å². The van der Waals surface area contributed by atoms with Crippen LogP contribution in [0.1, 0.15) is 53.9 Å². The molecule has 0 spiro atoms. The van der Waals surface area contributed by atoms with E-state index in [1.807, 2.05) is 34.6 Å². The van der Waals surface area contributed by atoms with Gasteiger partial charge in [0.05, 0.1) is 0 Å². The van der Waals surface area contributed by atoms with E-state index in [2.05, 4.69) is 0 Å². The van der Waals surface area contributed by atoms with Crippen molar-refractivity contribution in [2.24, 2.45) is 0 Å². The van der Waals surface area contributed by atoms with Crippen LogP contribution in [0.5, 0.6) is 0 Å². The van der Waals surface area contributed by atoms with Crippen molar-refractivity contribution >= 4 is 7.14 Å². The topological polar surface area (TPSA) is 37.3 Å². The first kappa shape index (κ1) is 14.2. The van der Waals surface area contributed by atoms with Crippen LogP contribution in [0.3, 0.4) is 0 Å². The molecule has 0 aliphatic rings. The van der Waals surface area contributed by atoms with Crippen LogP contribution in [-0.4, -0.2) is 22.3 Å². The molecule has 0 radical (unpaired) electrons. The molecule has 0 aromatic heterocycles. The van der Waals surface area contributed by atoms with Gasteiger partial charge in [-0.25, -0.2) is 0 Å². The molecule has 3 atom stereocenters. The van der Waals surface area contributed by atoms with Gasteiger partial charge in [-0.05, 0) is 19.3 Å². The van der Waals surface area contributed by atoms with Crippen molar-refractivity contribution in [1.29, 1.82) is 0 Å². The van der Waals surface area contributed by atoms with Gasteiger partial charge in [0.1, 0.15) is 13.0 Å². The summed E-state index contributed by atoms with van der Waals surface area (Å²) in [5, 5.41) is 9.92. The minimum atomic E-state index is -2.44. The quantitative estimate of drug-likeness (QED) is 0.693. The highest BCUT2D eigenvalue weighted by molar-refractivity contribution is 7.65. The minimum Gasteiger partial charge on any atom is -0.385 e. The highest BCUT2D eigenvalue weighted by Crippen LogP contribution is 2.61. The fraction of sp³-hybridized carbons (Fsp3) is 1.00. The van der Waals surface area contributed by atoms with Crippen molar-refractivity contribution in [3.63, 3.8) is 0 Å². The molecule has 0 aliphatic carbocycles. The fourth-order valence-electron chi connectivity index (χ4n) is 1.88. The number of hydrogen-bond acceptors (Lipinski definition) is 2. The van der Waals surface area contributed by atoms with Crippen LogP contribution in [0, 0.1) is 0 Å². The Morgan fingerprint density at radius 2 is 1.36 bits per heavy atom. The van der Waals surface area contributed by atoms with Gasteiger partial charge in [0, 0.05) is 11.3 Å². The molecule has 0 saturated heterocycles. The third-order valence-electron chi connectivity index (χ3n) is 3.39. The van der Waals surface area contributed by atoms with Crippen LogP contribution in [-0.2, 0) is 4.57 Å². The van der Waals surface area contributed by atoms with Gasteiger partial charge in [-0.15, -0.1) is 0 Å². The second-order valence-corrected chi connectivity index (χ2v) is 8.05. The SMILES string of the molecule is CCC(C)P(=O)(C(C)CC)C(O)CC. The largest absolute Gasteiger partial charge is 0.385 e. The Morgan fingerprint density at radius 1 is 1.00 bits per heavy atom. The Balaban J connectivity index is 4.94. The molecule has 3 unspecified atom stereocenters. The summed E-state index contributed by atoms with van der Waals surface area (Å²) in [4.78, 5) is 0. The summed E-state index contributed by atoms with van der Waals surface area (Å²) in [5.74, 6) is -0.604. The standard InChI is InChI=1S/C11H25O2P/c1-6-9(4)14(13,10(5)7-2)11(12)8-3/h9-12H,6-8H2,1-5H3. The Bertz CT molecular complexity index is 170. The van der Waals surface area contributed by atoms with Gasteiger partial charge in [-0.3, -0.25) is 0 Å². The number of aliphatic hydroxyl groups is 1. The van der Waals surface area contributed by atoms with Gasteiger partial charge in [0.2, 0.25) is 0 Å². The lowest BCUT2D eigenvalue weighted by Gasteiger charge is -2.33. The summed E-state index contributed by atoms with van der Waals surface area (Å²) in [6.45, 7) is 10.0. The van der Waals surface area contributed by atoms with Crippen LogP contribution in [0.25, 0.3) is 0 Å². The summed E-state index contributed by atoms with van der Waals surface area (Å²) in [5.41, 5.74) is 0.291. The lowest BCUT2D eigenvalue weighted by Crippen LogP contribution is -2.22. The second-order valence-electron chi connectivity index (χ2n) is 4.17. The average Bonchev–Trinajstić information content (AvgIpc) is 2.24. The Kier molecular flexibility index (Phi) is 6.00. The molecule has 2 nitrogen and oxygen atoms in total. The molecule has 0 amide bonds. The van der Waals surface area contributed by atoms with E-state index in [1.54, 1.807) is 0 Å². The summed E-state index contributed by atoms with van der Waals surface area (Å²) in [6.07, 6.45) is 2.38. The molecule has 86 valence electrons. The van der Waals surface area contributed by atoms with Crippen molar-refractivity contribution < 1.29 is 9.67 Å².